The molecule has 1 rings (SSSR count). The van der Waals surface area contributed by atoms with E-state index in [4.69, 9.17) is 11.5 Å². The Kier molecular flexibility index (Phi) is 5.91. The van der Waals surface area contributed by atoms with Gasteiger partial charge in [0.25, 0.3) is 0 Å². The molecule has 1 aromatic rings. The molecule has 0 spiro atoms. The molecule has 1 aromatic carbocycles. The molecule has 0 radical (unpaired) electrons. The quantitative estimate of drug-likeness (QED) is 0.363. The van der Waals surface area contributed by atoms with Gasteiger partial charge < -0.3 is 20.8 Å². The van der Waals surface area contributed by atoms with Gasteiger partial charge in [-0.2, -0.15) is 0 Å². The number of aromatic hydroxyl groups is 1. The summed E-state index contributed by atoms with van der Waals surface area (Å²) in [6.45, 7) is 0.484. The maximum Gasteiger partial charge on any atom is 0.339 e. The average Bonchev–Trinajstić information content (AvgIpc) is 2.40. The third-order valence-electron chi connectivity index (χ3n) is 2.52. The number of hydrogen-bond acceptors (Lipinski definition) is 3. The largest absolute Gasteiger partial charge is 0.507 e. The van der Waals surface area contributed by atoms with Crippen LogP contribution in [0.3, 0.4) is 0 Å². The van der Waals surface area contributed by atoms with Crippen LogP contribution in [-0.4, -0.2) is 28.8 Å². The zero-order valence-electron chi connectivity index (χ0n) is 10.8. The number of nitrogens with one attached hydrogen (secondary N) is 2. The minimum Gasteiger partial charge on any atom is -0.507 e. The van der Waals surface area contributed by atoms with E-state index < -0.39 is 12.0 Å². The number of anilines is 1. The lowest BCUT2D eigenvalue weighted by Gasteiger charge is -2.08. The fraction of sp³-hybridized carbons (Fsp3) is 0.286. The van der Waals surface area contributed by atoms with Crippen molar-refractivity contribution in [1.29, 1.82) is 0 Å². The Morgan fingerprint density at radius 2 is 2.05 bits per heavy atom. The predicted molar refractivity (Wildman–Crippen MR) is 74.8 cm³/mol. The molecule has 0 fully saturated rings. The van der Waals surface area contributed by atoms with Crippen molar-refractivity contribution in [2.45, 2.75) is 19.3 Å². The van der Waals surface area contributed by atoms with Crippen molar-refractivity contribution >= 4 is 17.7 Å². The van der Waals surface area contributed by atoms with Gasteiger partial charge in [-0.25, -0.2) is 9.59 Å². The summed E-state index contributed by atoms with van der Waals surface area (Å²) in [5, 5.41) is 23.3. The Balaban J connectivity index is 2.48. The molecule has 0 unspecified atom stereocenters. The number of benzene rings is 1. The van der Waals surface area contributed by atoms with Crippen LogP contribution < -0.4 is 10.6 Å². The highest BCUT2D eigenvalue weighted by molar-refractivity contribution is 5.95. The summed E-state index contributed by atoms with van der Waals surface area (Å²) in [4.78, 5) is 22.4. The molecular weight excluding hydrogens is 260 g/mol. The second kappa shape index (κ2) is 7.69. The number of carboxylic acids is 1. The van der Waals surface area contributed by atoms with Crippen molar-refractivity contribution in [2.24, 2.45) is 0 Å². The summed E-state index contributed by atoms with van der Waals surface area (Å²) < 4.78 is 0. The number of phenols is 1. The van der Waals surface area contributed by atoms with Gasteiger partial charge in [0, 0.05) is 18.7 Å². The van der Waals surface area contributed by atoms with E-state index in [0.29, 0.717) is 18.7 Å². The second-order valence-electron chi connectivity index (χ2n) is 4.08. The van der Waals surface area contributed by atoms with Crippen molar-refractivity contribution in [1.82, 2.24) is 5.32 Å². The smallest absolute Gasteiger partial charge is 0.339 e. The van der Waals surface area contributed by atoms with E-state index in [-0.39, 0.29) is 11.3 Å². The first kappa shape index (κ1) is 15.4. The zero-order valence-corrected chi connectivity index (χ0v) is 10.8. The number of carbonyl (C=O) groups excluding carboxylic acids is 1. The van der Waals surface area contributed by atoms with Crippen LogP contribution in [-0.2, 0) is 0 Å². The van der Waals surface area contributed by atoms with E-state index in [9.17, 15) is 14.7 Å². The van der Waals surface area contributed by atoms with E-state index in [1.807, 2.05) is 0 Å². The molecule has 0 bridgehead atoms. The lowest BCUT2D eigenvalue weighted by Crippen LogP contribution is -2.29. The first-order valence-electron chi connectivity index (χ1n) is 6.09. The number of urea groups is 1. The topological polar surface area (TPSA) is 98.7 Å². The number of amides is 2. The molecule has 0 saturated heterocycles. The molecule has 20 heavy (non-hydrogen) atoms. The fourth-order valence-electron chi connectivity index (χ4n) is 1.51. The van der Waals surface area contributed by atoms with E-state index >= 15 is 0 Å². The summed E-state index contributed by atoms with van der Waals surface area (Å²) in [7, 11) is 0. The number of terminal acetylenes is 1. The molecule has 6 nitrogen and oxygen atoms in total. The van der Waals surface area contributed by atoms with Crippen LogP contribution in [0.1, 0.15) is 29.6 Å². The van der Waals surface area contributed by atoms with Gasteiger partial charge >= 0.3 is 12.0 Å². The van der Waals surface area contributed by atoms with Crippen molar-refractivity contribution in [3.63, 3.8) is 0 Å². The number of aromatic carboxylic acids is 1. The Bertz CT molecular complexity index is 534. The van der Waals surface area contributed by atoms with Gasteiger partial charge in [0.05, 0.1) is 0 Å². The Labute approximate surface area is 116 Å². The molecule has 0 atom stereocenters. The normalized spacial score (nSPS) is 9.55. The van der Waals surface area contributed by atoms with Gasteiger partial charge in [-0.3, -0.25) is 0 Å². The van der Waals surface area contributed by atoms with Crippen LogP contribution in [0.25, 0.3) is 0 Å². The van der Waals surface area contributed by atoms with Crippen molar-refractivity contribution < 1.29 is 19.8 Å². The van der Waals surface area contributed by atoms with Crippen molar-refractivity contribution in [2.75, 3.05) is 11.9 Å². The Hall–Kier alpha value is -2.68. The molecule has 106 valence electrons. The molecule has 0 saturated carbocycles. The van der Waals surface area contributed by atoms with Gasteiger partial charge in [0.15, 0.2) is 0 Å². The average molecular weight is 276 g/mol. The molecule has 4 N–H and O–H groups in total. The first-order chi connectivity index (χ1) is 9.54. The van der Waals surface area contributed by atoms with Gasteiger partial charge in [0.1, 0.15) is 11.3 Å². The number of hydrogen-bond donors (Lipinski definition) is 4. The monoisotopic (exact) mass is 276 g/mol. The van der Waals surface area contributed by atoms with Crippen LogP contribution in [0.2, 0.25) is 0 Å². The highest BCUT2D eigenvalue weighted by Crippen LogP contribution is 2.21. The summed E-state index contributed by atoms with van der Waals surface area (Å²) in [5.74, 6) is 0.898. The SMILES string of the molecule is C#CCCCCNC(=O)Nc1ccc(O)c(C(=O)O)c1. The number of unbranched alkanes of at least 4 members (excludes halogenated alkanes) is 2. The van der Waals surface area contributed by atoms with Crippen LogP contribution in [0.15, 0.2) is 18.2 Å². The standard InChI is InChI=1S/C14H16N2O4/c1-2-3-4-5-8-15-14(20)16-10-6-7-12(17)11(9-10)13(18)19/h1,6-7,9,17H,3-5,8H2,(H,18,19)(H2,15,16,20). The highest BCUT2D eigenvalue weighted by atomic mass is 16.4. The second-order valence-corrected chi connectivity index (χ2v) is 4.08. The van der Waals surface area contributed by atoms with Crippen molar-refractivity contribution in [3.8, 4) is 18.1 Å². The first-order valence-corrected chi connectivity index (χ1v) is 6.09. The summed E-state index contributed by atoms with van der Waals surface area (Å²) in [6, 6.07) is 3.38. The highest BCUT2D eigenvalue weighted by Gasteiger charge is 2.11. The fourth-order valence-corrected chi connectivity index (χ4v) is 1.51. The van der Waals surface area contributed by atoms with Crippen LogP contribution in [0, 0.1) is 12.3 Å². The number of carboxylic acid groups (broad SMARTS) is 1. The third-order valence-corrected chi connectivity index (χ3v) is 2.52. The zero-order chi connectivity index (χ0) is 15.0. The van der Waals surface area contributed by atoms with Crippen LogP contribution >= 0.6 is 0 Å². The van der Waals surface area contributed by atoms with E-state index in [1.54, 1.807) is 0 Å². The number of carbonyl (C=O) groups is 2. The van der Waals surface area contributed by atoms with E-state index in [2.05, 4.69) is 16.6 Å². The third kappa shape index (κ3) is 4.90. The lowest BCUT2D eigenvalue weighted by atomic mass is 10.2. The number of rotatable bonds is 6. The maximum absolute atomic E-state index is 11.5. The van der Waals surface area contributed by atoms with Gasteiger partial charge in [-0.1, -0.05) is 0 Å². The summed E-state index contributed by atoms with van der Waals surface area (Å²) in [5.41, 5.74) is 0.0261. The van der Waals surface area contributed by atoms with Gasteiger partial charge in [-0.05, 0) is 31.0 Å². The van der Waals surface area contributed by atoms with Gasteiger partial charge in [-0.15, -0.1) is 12.3 Å². The molecule has 0 aliphatic rings. The molecule has 0 heterocycles. The molecule has 2 amide bonds. The van der Waals surface area contributed by atoms with Gasteiger partial charge in [0.2, 0.25) is 0 Å². The molecular formula is C14H16N2O4. The Morgan fingerprint density at radius 1 is 1.30 bits per heavy atom. The van der Waals surface area contributed by atoms with E-state index in [1.165, 1.54) is 18.2 Å². The predicted octanol–water partition coefficient (Wildman–Crippen LogP) is 2.02. The molecule has 6 heteroatoms. The summed E-state index contributed by atoms with van der Waals surface area (Å²) >= 11 is 0. The molecule has 0 aliphatic carbocycles. The lowest BCUT2D eigenvalue weighted by molar-refractivity contribution is 0.0693. The Morgan fingerprint density at radius 3 is 2.70 bits per heavy atom. The maximum atomic E-state index is 11.5. The van der Waals surface area contributed by atoms with Crippen molar-refractivity contribution in [3.05, 3.63) is 23.8 Å². The van der Waals surface area contributed by atoms with E-state index in [0.717, 1.165) is 12.8 Å². The molecule has 0 aromatic heterocycles. The minimum absolute atomic E-state index is 0.267. The summed E-state index contributed by atoms with van der Waals surface area (Å²) in [6.07, 6.45) is 7.38. The van der Waals surface area contributed by atoms with Crippen LogP contribution in [0.5, 0.6) is 5.75 Å². The van der Waals surface area contributed by atoms with Crippen LogP contribution in [0.4, 0.5) is 10.5 Å². The minimum atomic E-state index is -1.26. The molecule has 0 aliphatic heterocycles.